The van der Waals surface area contributed by atoms with Crippen molar-refractivity contribution in [3.63, 3.8) is 0 Å². The number of esters is 1. The van der Waals surface area contributed by atoms with Gasteiger partial charge in [0.2, 0.25) is 0 Å². The van der Waals surface area contributed by atoms with Crippen LogP contribution in [0.5, 0.6) is 0 Å². The first-order valence-corrected chi connectivity index (χ1v) is 6.88. The van der Waals surface area contributed by atoms with Crippen LogP contribution in [0.25, 0.3) is 0 Å². The minimum absolute atomic E-state index is 0.103. The van der Waals surface area contributed by atoms with Gasteiger partial charge in [-0.3, -0.25) is 4.79 Å². The Morgan fingerprint density at radius 2 is 2.37 bits per heavy atom. The van der Waals surface area contributed by atoms with E-state index in [2.05, 4.69) is 5.32 Å². The molecule has 1 unspecified atom stereocenters. The zero-order valence-electron chi connectivity index (χ0n) is 11.2. The molecule has 19 heavy (non-hydrogen) atoms. The molecule has 2 rings (SSSR count). The predicted octanol–water partition coefficient (Wildman–Crippen LogP) is 2.75. The van der Waals surface area contributed by atoms with Crippen molar-refractivity contribution in [2.45, 2.75) is 38.6 Å². The molecule has 3 nitrogen and oxygen atoms in total. The zero-order chi connectivity index (χ0) is 13.7. The van der Waals surface area contributed by atoms with Crippen LogP contribution in [0.15, 0.2) is 18.2 Å². The molecule has 0 spiro atoms. The van der Waals surface area contributed by atoms with E-state index in [1.807, 2.05) is 6.07 Å². The molecule has 0 saturated heterocycles. The number of nitrogens with one attached hydrogen (secondary N) is 1. The molecule has 1 aromatic rings. The number of carbonyl (C=O) groups is 1. The van der Waals surface area contributed by atoms with E-state index >= 15 is 0 Å². The molecule has 0 saturated carbocycles. The van der Waals surface area contributed by atoms with Crippen LogP contribution in [-0.4, -0.2) is 19.1 Å². The maximum Gasteiger partial charge on any atom is 0.305 e. The summed E-state index contributed by atoms with van der Waals surface area (Å²) in [6, 6.07) is 5.47. The van der Waals surface area contributed by atoms with E-state index in [0.717, 1.165) is 36.9 Å². The molecule has 0 fully saturated rings. The largest absolute Gasteiger partial charge is 0.466 e. The molecule has 104 valence electrons. The molecule has 4 heteroatoms. The van der Waals surface area contributed by atoms with Crippen molar-refractivity contribution in [1.29, 1.82) is 0 Å². The van der Waals surface area contributed by atoms with Gasteiger partial charge in [-0.2, -0.15) is 0 Å². The molecule has 0 heterocycles. The molecule has 1 aliphatic rings. The SMILES string of the molecule is CCOC(=O)CCCNC1CCc2c(F)cccc21. The Bertz CT molecular complexity index is 448. The van der Waals surface area contributed by atoms with Gasteiger partial charge in [0.05, 0.1) is 6.61 Å². The van der Waals surface area contributed by atoms with Crippen molar-refractivity contribution in [2.75, 3.05) is 13.2 Å². The third-order valence-corrected chi connectivity index (χ3v) is 3.47. The fourth-order valence-electron chi connectivity index (χ4n) is 2.56. The van der Waals surface area contributed by atoms with E-state index in [-0.39, 0.29) is 17.8 Å². The van der Waals surface area contributed by atoms with Gasteiger partial charge >= 0.3 is 5.97 Å². The first-order chi connectivity index (χ1) is 9.22. The molecule has 1 aliphatic carbocycles. The topological polar surface area (TPSA) is 38.3 Å². The lowest BCUT2D eigenvalue weighted by Crippen LogP contribution is -2.21. The second-order valence-corrected chi connectivity index (χ2v) is 4.76. The van der Waals surface area contributed by atoms with Gasteiger partial charge in [0.1, 0.15) is 5.82 Å². The van der Waals surface area contributed by atoms with Gasteiger partial charge in [-0.05, 0) is 49.9 Å². The number of halogens is 1. The third-order valence-electron chi connectivity index (χ3n) is 3.47. The lowest BCUT2D eigenvalue weighted by atomic mass is 10.1. The molecular formula is C15H20FNO2. The second kappa shape index (κ2) is 6.66. The average molecular weight is 265 g/mol. The van der Waals surface area contributed by atoms with Crippen molar-refractivity contribution in [3.05, 3.63) is 35.1 Å². The van der Waals surface area contributed by atoms with Gasteiger partial charge < -0.3 is 10.1 Å². The first-order valence-electron chi connectivity index (χ1n) is 6.88. The molecular weight excluding hydrogens is 245 g/mol. The number of ether oxygens (including phenoxy) is 1. The second-order valence-electron chi connectivity index (χ2n) is 4.76. The average Bonchev–Trinajstić information content (AvgIpc) is 2.80. The molecule has 0 bridgehead atoms. The highest BCUT2D eigenvalue weighted by Crippen LogP contribution is 2.32. The smallest absolute Gasteiger partial charge is 0.305 e. The zero-order valence-corrected chi connectivity index (χ0v) is 11.2. The molecule has 0 amide bonds. The summed E-state index contributed by atoms with van der Waals surface area (Å²) >= 11 is 0. The highest BCUT2D eigenvalue weighted by atomic mass is 19.1. The third kappa shape index (κ3) is 3.53. The fraction of sp³-hybridized carbons (Fsp3) is 0.533. The van der Waals surface area contributed by atoms with Crippen LogP contribution in [0, 0.1) is 5.82 Å². The van der Waals surface area contributed by atoms with Gasteiger partial charge in [0, 0.05) is 12.5 Å². The fourth-order valence-corrected chi connectivity index (χ4v) is 2.56. The van der Waals surface area contributed by atoms with Gasteiger partial charge in [0.25, 0.3) is 0 Å². The Labute approximate surface area is 113 Å². The van der Waals surface area contributed by atoms with E-state index in [4.69, 9.17) is 4.74 Å². The Morgan fingerprint density at radius 3 is 3.16 bits per heavy atom. The first kappa shape index (κ1) is 14.0. The molecule has 1 N–H and O–H groups in total. The molecule has 0 radical (unpaired) electrons. The lowest BCUT2D eigenvalue weighted by Gasteiger charge is -2.13. The number of benzene rings is 1. The minimum Gasteiger partial charge on any atom is -0.466 e. The summed E-state index contributed by atoms with van der Waals surface area (Å²) in [5.41, 5.74) is 1.90. The number of rotatable bonds is 6. The summed E-state index contributed by atoms with van der Waals surface area (Å²) < 4.78 is 18.4. The van der Waals surface area contributed by atoms with Crippen LogP contribution in [0.1, 0.15) is 43.4 Å². The van der Waals surface area contributed by atoms with E-state index in [0.29, 0.717) is 13.0 Å². The lowest BCUT2D eigenvalue weighted by molar-refractivity contribution is -0.143. The predicted molar refractivity (Wildman–Crippen MR) is 71.3 cm³/mol. The molecule has 0 aliphatic heterocycles. The van der Waals surface area contributed by atoms with Gasteiger partial charge in [0.15, 0.2) is 0 Å². The van der Waals surface area contributed by atoms with E-state index in [1.165, 1.54) is 6.07 Å². The van der Waals surface area contributed by atoms with Crippen LogP contribution >= 0.6 is 0 Å². The highest BCUT2D eigenvalue weighted by Gasteiger charge is 2.23. The van der Waals surface area contributed by atoms with E-state index in [1.54, 1.807) is 13.0 Å². The maximum atomic E-state index is 13.6. The van der Waals surface area contributed by atoms with Gasteiger partial charge in [-0.25, -0.2) is 4.39 Å². The minimum atomic E-state index is -0.151. The quantitative estimate of drug-likeness (QED) is 0.635. The van der Waals surface area contributed by atoms with Crippen molar-refractivity contribution >= 4 is 5.97 Å². The normalized spacial score (nSPS) is 17.3. The van der Waals surface area contributed by atoms with Crippen molar-refractivity contribution < 1.29 is 13.9 Å². The highest BCUT2D eigenvalue weighted by molar-refractivity contribution is 5.69. The van der Waals surface area contributed by atoms with Gasteiger partial charge in [-0.15, -0.1) is 0 Å². The summed E-state index contributed by atoms with van der Waals surface area (Å²) in [7, 11) is 0. The van der Waals surface area contributed by atoms with Crippen molar-refractivity contribution in [3.8, 4) is 0 Å². The van der Waals surface area contributed by atoms with Crippen molar-refractivity contribution in [1.82, 2.24) is 5.32 Å². The number of hydrogen-bond acceptors (Lipinski definition) is 3. The Balaban J connectivity index is 1.77. The Morgan fingerprint density at radius 1 is 1.53 bits per heavy atom. The standard InChI is InChI=1S/C15H20FNO2/c1-2-19-15(18)7-4-10-17-14-9-8-11-12(14)5-3-6-13(11)16/h3,5-6,14,17H,2,4,7-10H2,1H3. The van der Waals surface area contributed by atoms with Crippen LogP contribution < -0.4 is 5.32 Å². The van der Waals surface area contributed by atoms with Crippen LogP contribution in [-0.2, 0) is 16.0 Å². The van der Waals surface area contributed by atoms with Crippen molar-refractivity contribution in [2.24, 2.45) is 0 Å². The van der Waals surface area contributed by atoms with Crippen LogP contribution in [0.2, 0.25) is 0 Å². The Kier molecular flexibility index (Phi) is 4.91. The van der Waals surface area contributed by atoms with Crippen LogP contribution in [0.3, 0.4) is 0 Å². The van der Waals surface area contributed by atoms with Crippen LogP contribution in [0.4, 0.5) is 4.39 Å². The number of fused-ring (bicyclic) bond motifs is 1. The number of carbonyl (C=O) groups excluding carboxylic acids is 1. The molecule has 1 atom stereocenters. The summed E-state index contributed by atoms with van der Waals surface area (Å²) in [5.74, 6) is -0.254. The maximum absolute atomic E-state index is 13.6. The summed E-state index contributed by atoms with van der Waals surface area (Å²) in [6.45, 7) is 2.99. The molecule has 0 aromatic heterocycles. The summed E-state index contributed by atoms with van der Waals surface area (Å²) in [5, 5.41) is 3.39. The number of hydrogen-bond donors (Lipinski definition) is 1. The monoisotopic (exact) mass is 265 g/mol. The van der Waals surface area contributed by atoms with E-state index < -0.39 is 0 Å². The molecule has 1 aromatic carbocycles. The summed E-state index contributed by atoms with van der Waals surface area (Å²) in [6.07, 6.45) is 2.90. The summed E-state index contributed by atoms with van der Waals surface area (Å²) in [4.78, 5) is 11.2. The van der Waals surface area contributed by atoms with E-state index in [9.17, 15) is 9.18 Å². The Hall–Kier alpha value is -1.42. The van der Waals surface area contributed by atoms with Gasteiger partial charge in [-0.1, -0.05) is 12.1 Å².